The molecule has 10 nitrogen and oxygen atoms in total. The number of ether oxygens (including phenoxy) is 2. The summed E-state index contributed by atoms with van der Waals surface area (Å²) in [6.45, 7) is 7.05. The monoisotopic (exact) mass is 530 g/mol. The SMILES string of the molecule is CCOC(=O)[C@@H](C)Oc1ccc(C=Nn2c(C(C)C)nc3ccc(Br)cc3c2=O)cc1[N+](=O)[O-]. The van der Waals surface area contributed by atoms with Gasteiger partial charge in [0.25, 0.3) is 5.56 Å². The molecule has 0 fully saturated rings. The van der Waals surface area contributed by atoms with E-state index in [1.165, 1.54) is 36.0 Å². The van der Waals surface area contributed by atoms with Crippen LogP contribution in [0, 0.1) is 10.1 Å². The molecule has 0 aliphatic heterocycles. The van der Waals surface area contributed by atoms with E-state index in [4.69, 9.17) is 9.47 Å². The number of nitro benzene ring substituents is 1. The Morgan fingerprint density at radius 2 is 2.00 bits per heavy atom. The van der Waals surface area contributed by atoms with Gasteiger partial charge in [-0.3, -0.25) is 14.9 Å². The highest BCUT2D eigenvalue weighted by atomic mass is 79.9. The molecule has 0 aliphatic carbocycles. The summed E-state index contributed by atoms with van der Waals surface area (Å²) in [5.41, 5.74) is 0.205. The van der Waals surface area contributed by atoms with E-state index in [1.807, 2.05) is 13.8 Å². The van der Waals surface area contributed by atoms with E-state index in [9.17, 15) is 19.7 Å². The molecule has 0 bridgehead atoms. The first-order valence-electron chi connectivity index (χ1n) is 10.5. The zero-order valence-corrected chi connectivity index (χ0v) is 20.6. The first-order valence-corrected chi connectivity index (χ1v) is 11.3. The molecule has 11 heteroatoms. The molecular formula is C23H23BrN4O6. The van der Waals surface area contributed by atoms with Crippen LogP contribution >= 0.6 is 15.9 Å². The maximum absolute atomic E-state index is 13.1. The standard InChI is InChI=1S/C23H23BrN4O6/c1-5-33-23(30)14(4)34-20-9-6-15(10-19(20)28(31)32)12-25-27-21(13(2)3)26-18-8-7-16(24)11-17(18)22(27)29/h6-14H,5H2,1-4H3/t14-/m1/s1. The van der Waals surface area contributed by atoms with Crippen LogP contribution in [0.15, 0.2) is 50.8 Å². The molecule has 0 aliphatic rings. The lowest BCUT2D eigenvalue weighted by Gasteiger charge is -2.13. The normalized spacial score (nSPS) is 12.3. The third-order valence-corrected chi connectivity index (χ3v) is 5.27. The molecule has 2 aromatic carbocycles. The lowest BCUT2D eigenvalue weighted by Crippen LogP contribution is -2.26. The number of benzene rings is 2. The van der Waals surface area contributed by atoms with Gasteiger partial charge < -0.3 is 9.47 Å². The number of carbonyl (C=O) groups is 1. The average molecular weight is 531 g/mol. The summed E-state index contributed by atoms with van der Waals surface area (Å²) in [4.78, 5) is 40.5. The van der Waals surface area contributed by atoms with Gasteiger partial charge in [0.1, 0.15) is 5.82 Å². The minimum atomic E-state index is -1.02. The van der Waals surface area contributed by atoms with Crippen LogP contribution in [0.3, 0.4) is 0 Å². The van der Waals surface area contributed by atoms with Crippen LogP contribution in [0.25, 0.3) is 10.9 Å². The zero-order chi connectivity index (χ0) is 25.0. The van der Waals surface area contributed by atoms with Crippen molar-refractivity contribution in [2.24, 2.45) is 5.10 Å². The maximum Gasteiger partial charge on any atom is 0.347 e. The second kappa shape index (κ2) is 10.6. The maximum atomic E-state index is 13.1. The fourth-order valence-corrected chi connectivity index (χ4v) is 3.49. The summed E-state index contributed by atoms with van der Waals surface area (Å²) >= 11 is 3.36. The van der Waals surface area contributed by atoms with Gasteiger partial charge in [0, 0.05) is 22.0 Å². The summed E-state index contributed by atoms with van der Waals surface area (Å²) in [6.07, 6.45) is 0.318. The Balaban J connectivity index is 2.01. The molecule has 0 saturated carbocycles. The van der Waals surface area contributed by atoms with Crippen LogP contribution in [0.5, 0.6) is 5.75 Å². The third kappa shape index (κ3) is 5.48. The molecule has 0 saturated heterocycles. The summed E-state index contributed by atoms with van der Waals surface area (Å²) in [6, 6.07) is 9.38. The van der Waals surface area contributed by atoms with Crippen LogP contribution in [0.1, 0.15) is 45.0 Å². The number of halogens is 1. The number of carbonyl (C=O) groups excluding carboxylic acids is 1. The summed E-state index contributed by atoms with van der Waals surface area (Å²) in [5, 5.41) is 16.3. The Bertz CT molecular complexity index is 1340. The van der Waals surface area contributed by atoms with Gasteiger partial charge in [-0.2, -0.15) is 9.78 Å². The van der Waals surface area contributed by atoms with E-state index in [1.54, 1.807) is 25.1 Å². The molecule has 0 N–H and O–H groups in total. The zero-order valence-electron chi connectivity index (χ0n) is 19.0. The van der Waals surface area contributed by atoms with Gasteiger partial charge in [-0.15, -0.1) is 0 Å². The van der Waals surface area contributed by atoms with Crippen molar-refractivity contribution in [1.29, 1.82) is 0 Å². The van der Waals surface area contributed by atoms with E-state index in [0.717, 1.165) is 4.47 Å². The minimum Gasteiger partial charge on any atom is -0.472 e. The molecule has 178 valence electrons. The van der Waals surface area contributed by atoms with Crippen molar-refractivity contribution in [3.63, 3.8) is 0 Å². The topological polar surface area (TPSA) is 126 Å². The number of hydrogen-bond acceptors (Lipinski definition) is 8. The largest absolute Gasteiger partial charge is 0.472 e. The fraction of sp³-hybridized carbons (Fsp3) is 0.304. The summed E-state index contributed by atoms with van der Waals surface area (Å²) in [5.74, 6) is -0.361. The highest BCUT2D eigenvalue weighted by molar-refractivity contribution is 9.10. The van der Waals surface area contributed by atoms with Crippen molar-refractivity contribution in [1.82, 2.24) is 9.66 Å². The minimum absolute atomic E-state index is 0.0834. The lowest BCUT2D eigenvalue weighted by molar-refractivity contribution is -0.386. The number of nitrogens with zero attached hydrogens (tertiary/aromatic N) is 4. The molecule has 0 radical (unpaired) electrons. The third-order valence-electron chi connectivity index (χ3n) is 4.77. The van der Waals surface area contributed by atoms with Gasteiger partial charge in [0.05, 0.1) is 28.6 Å². The van der Waals surface area contributed by atoms with Crippen molar-refractivity contribution in [2.75, 3.05) is 6.61 Å². The van der Waals surface area contributed by atoms with E-state index in [-0.39, 0.29) is 29.5 Å². The Kier molecular flexibility index (Phi) is 7.77. The molecule has 1 aromatic heterocycles. The van der Waals surface area contributed by atoms with Gasteiger partial charge in [-0.25, -0.2) is 9.78 Å². The highest BCUT2D eigenvalue weighted by Gasteiger charge is 2.22. The number of fused-ring (bicyclic) bond motifs is 1. The Morgan fingerprint density at radius 3 is 2.65 bits per heavy atom. The van der Waals surface area contributed by atoms with Crippen LogP contribution in [-0.2, 0) is 9.53 Å². The van der Waals surface area contributed by atoms with E-state index >= 15 is 0 Å². The molecular weight excluding hydrogens is 508 g/mol. The average Bonchev–Trinajstić information content (AvgIpc) is 2.79. The molecule has 0 unspecified atom stereocenters. The lowest BCUT2D eigenvalue weighted by atomic mass is 10.2. The van der Waals surface area contributed by atoms with Crippen LogP contribution in [0.2, 0.25) is 0 Å². The van der Waals surface area contributed by atoms with Crippen molar-refractivity contribution in [3.05, 3.63) is 72.7 Å². The van der Waals surface area contributed by atoms with Crippen molar-refractivity contribution in [3.8, 4) is 5.75 Å². The van der Waals surface area contributed by atoms with Crippen LogP contribution in [0.4, 0.5) is 5.69 Å². The molecule has 3 rings (SSSR count). The predicted molar refractivity (Wildman–Crippen MR) is 131 cm³/mol. The molecule has 0 amide bonds. The first kappa shape index (κ1) is 25.0. The van der Waals surface area contributed by atoms with Crippen molar-refractivity contribution in [2.45, 2.75) is 39.7 Å². The second-order valence-electron chi connectivity index (χ2n) is 7.64. The Morgan fingerprint density at radius 1 is 1.26 bits per heavy atom. The van der Waals surface area contributed by atoms with E-state index in [2.05, 4.69) is 26.0 Å². The Labute approximate surface area is 203 Å². The Hall–Kier alpha value is -3.60. The molecule has 0 spiro atoms. The van der Waals surface area contributed by atoms with Crippen molar-refractivity contribution < 1.29 is 19.2 Å². The number of nitro groups is 1. The quantitative estimate of drug-likeness (QED) is 0.183. The van der Waals surface area contributed by atoms with Crippen molar-refractivity contribution >= 4 is 44.7 Å². The van der Waals surface area contributed by atoms with Gasteiger partial charge >= 0.3 is 11.7 Å². The van der Waals surface area contributed by atoms with Gasteiger partial charge in [0.15, 0.2) is 11.9 Å². The molecule has 3 aromatic rings. The number of aromatic nitrogens is 2. The highest BCUT2D eigenvalue weighted by Crippen LogP contribution is 2.29. The van der Waals surface area contributed by atoms with Crippen LogP contribution < -0.4 is 10.3 Å². The number of esters is 1. The summed E-state index contributed by atoms with van der Waals surface area (Å²) in [7, 11) is 0. The molecule has 1 heterocycles. The van der Waals surface area contributed by atoms with E-state index in [0.29, 0.717) is 22.3 Å². The molecule has 34 heavy (non-hydrogen) atoms. The van der Waals surface area contributed by atoms with Gasteiger partial charge in [-0.1, -0.05) is 29.8 Å². The smallest absolute Gasteiger partial charge is 0.347 e. The van der Waals surface area contributed by atoms with Gasteiger partial charge in [-0.05, 0) is 44.2 Å². The number of hydrogen-bond donors (Lipinski definition) is 0. The fourth-order valence-electron chi connectivity index (χ4n) is 3.13. The second-order valence-corrected chi connectivity index (χ2v) is 8.56. The predicted octanol–water partition coefficient (Wildman–Crippen LogP) is 4.40. The first-order chi connectivity index (χ1) is 16.1. The molecule has 1 atom stereocenters. The van der Waals surface area contributed by atoms with Crippen LogP contribution in [-0.4, -0.2) is 39.5 Å². The summed E-state index contributed by atoms with van der Waals surface area (Å²) < 4.78 is 12.2. The van der Waals surface area contributed by atoms with E-state index < -0.39 is 17.0 Å². The number of rotatable bonds is 8. The van der Waals surface area contributed by atoms with Gasteiger partial charge in [0.2, 0.25) is 0 Å².